The number of thiocarbonyl (C=S) groups is 1. The zero-order valence-electron chi connectivity index (χ0n) is 16.0. The summed E-state index contributed by atoms with van der Waals surface area (Å²) in [5.41, 5.74) is 4.13. The van der Waals surface area contributed by atoms with Crippen molar-refractivity contribution in [2.24, 2.45) is 0 Å². The van der Waals surface area contributed by atoms with Gasteiger partial charge in [-0.2, -0.15) is 0 Å². The van der Waals surface area contributed by atoms with Crippen LogP contribution in [0.2, 0.25) is 0 Å². The molecule has 0 spiro atoms. The van der Waals surface area contributed by atoms with Crippen LogP contribution in [0, 0.1) is 0 Å². The topological polar surface area (TPSA) is 54.0 Å². The highest BCUT2D eigenvalue weighted by atomic mass is 32.1. The number of amides is 1. The van der Waals surface area contributed by atoms with Crippen LogP contribution in [0.5, 0.6) is 0 Å². The van der Waals surface area contributed by atoms with E-state index in [0.717, 1.165) is 27.2 Å². The zero-order chi connectivity index (χ0) is 20.8. The standard InChI is InChI=1S/C24H19N3OS2/c28-22(15-12-17-6-2-1-3-7-17)27-24(29)25-16-18-10-13-19(14-11-18)23-26-20-8-4-5-9-21(20)30-23/h1-15H,16H2,(H2,25,27,28,29). The van der Waals surface area contributed by atoms with E-state index in [2.05, 4.69) is 33.8 Å². The van der Waals surface area contributed by atoms with Crippen LogP contribution in [0.1, 0.15) is 11.1 Å². The molecule has 0 aliphatic carbocycles. The van der Waals surface area contributed by atoms with E-state index in [1.54, 1.807) is 17.4 Å². The molecule has 1 aromatic heterocycles. The van der Waals surface area contributed by atoms with Gasteiger partial charge in [0.1, 0.15) is 5.01 Å². The maximum Gasteiger partial charge on any atom is 0.250 e. The number of aromatic nitrogens is 1. The third kappa shape index (κ3) is 5.17. The Balaban J connectivity index is 1.30. The number of rotatable bonds is 5. The van der Waals surface area contributed by atoms with E-state index < -0.39 is 0 Å². The number of hydrogen-bond acceptors (Lipinski definition) is 4. The highest BCUT2D eigenvalue weighted by molar-refractivity contribution is 7.80. The predicted octanol–water partition coefficient (Wildman–Crippen LogP) is 5.17. The van der Waals surface area contributed by atoms with Crippen LogP contribution in [-0.4, -0.2) is 16.0 Å². The average molecular weight is 430 g/mol. The summed E-state index contributed by atoms with van der Waals surface area (Å²) in [5, 5.41) is 7.02. The molecular weight excluding hydrogens is 410 g/mol. The molecule has 30 heavy (non-hydrogen) atoms. The Morgan fingerprint density at radius 2 is 1.70 bits per heavy atom. The number of para-hydroxylation sites is 1. The Kier molecular flexibility index (Phi) is 6.27. The minimum absolute atomic E-state index is 0.262. The molecule has 1 amide bonds. The maximum absolute atomic E-state index is 12.0. The van der Waals surface area contributed by atoms with Gasteiger partial charge in [0.05, 0.1) is 10.2 Å². The largest absolute Gasteiger partial charge is 0.358 e. The van der Waals surface area contributed by atoms with Gasteiger partial charge in [-0.1, -0.05) is 66.7 Å². The molecule has 0 aliphatic heterocycles. The summed E-state index contributed by atoms with van der Waals surface area (Å²) in [5.74, 6) is -0.262. The number of benzene rings is 3. The zero-order valence-corrected chi connectivity index (χ0v) is 17.7. The molecule has 0 saturated heterocycles. The van der Waals surface area contributed by atoms with Gasteiger partial charge in [0.15, 0.2) is 5.11 Å². The van der Waals surface area contributed by atoms with E-state index in [9.17, 15) is 4.79 Å². The number of hydrogen-bond donors (Lipinski definition) is 2. The summed E-state index contributed by atoms with van der Waals surface area (Å²) >= 11 is 6.90. The monoisotopic (exact) mass is 429 g/mol. The fraction of sp³-hybridized carbons (Fsp3) is 0.0417. The second-order valence-electron chi connectivity index (χ2n) is 6.60. The van der Waals surface area contributed by atoms with Crippen LogP contribution in [0.4, 0.5) is 0 Å². The highest BCUT2D eigenvalue weighted by Crippen LogP contribution is 2.29. The van der Waals surface area contributed by atoms with Gasteiger partial charge in [-0.25, -0.2) is 4.98 Å². The number of carbonyl (C=O) groups is 1. The number of fused-ring (bicyclic) bond motifs is 1. The number of nitrogens with one attached hydrogen (secondary N) is 2. The molecule has 2 N–H and O–H groups in total. The number of nitrogens with zero attached hydrogens (tertiary/aromatic N) is 1. The summed E-state index contributed by atoms with van der Waals surface area (Å²) < 4.78 is 1.18. The number of thiazole rings is 1. The lowest BCUT2D eigenvalue weighted by Crippen LogP contribution is -2.37. The Labute approximate surface area is 184 Å². The molecule has 0 bridgehead atoms. The molecule has 4 aromatic rings. The lowest BCUT2D eigenvalue weighted by molar-refractivity contribution is -0.115. The van der Waals surface area contributed by atoms with Crippen molar-refractivity contribution in [2.45, 2.75) is 6.54 Å². The van der Waals surface area contributed by atoms with Gasteiger partial charge in [0.2, 0.25) is 5.91 Å². The number of carbonyl (C=O) groups excluding carboxylic acids is 1. The molecule has 0 radical (unpaired) electrons. The van der Waals surface area contributed by atoms with Gasteiger partial charge >= 0.3 is 0 Å². The fourth-order valence-electron chi connectivity index (χ4n) is 2.88. The first kappa shape index (κ1) is 19.9. The molecule has 0 aliphatic rings. The quantitative estimate of drug-likeness (QED) is 0.340. The van der Waals surface area contributed by atoms with Crippen molar-refractivity contribution in [1.82, 2.24) is 15.6 Å². The Morgan fingerprint density at radius 3 is 2.47 bits per heavy atom. The summed E-state index contributed by atoms with van der Waals surface area (Å²) in [7, 11) is 0. The smallest absolute Gasteiger partial charge is 0.250 e. The minimum Gasteiger partial charge on any atom is -0.358 e. The lowest BCUT2D eigenvalue weighted by atomic mass is 10.1. The van der Waals surface area contributed by atoms with E-state index in [1.165, 1.54) is 10.8 Å². The van der Waals surface area contributed by atoms with E-state index in [4.69, 9.17) is 12.2 Å². The van der Waals surface area contributed by atoms with Gasteiger partial charge in [0, 0.05) is 18.2 Å². The van der Waals surface area contributed by atoms with Gasteiger partial charge in [-0.05, 0) is 41.6 Å². The van der Waals surface area contributed by atoms with Crippen molar-refractivity contribution < 1.29 is 4.79 Å². The molecule has 3 aromatic carbocycles. The Morgan fingerprint density at radius 1 is 0.967 bits per heavy atom. The van der Waals surface area contributed by atoms with Crippen molar-refractivity contribution in [1.29, 1.82) is 0 Å². The normalized spacial score (nSPS) is 10.9. The molecule has 148 valence electrons. The minimum atomic E-state index is -0.262. The summed E-state index contributed by atoms with van der Waals surface area (Å²) in [4.78, 5) is 16.7. The Bertz CT molecular complexity index is 1170. The van der Waals surface area contributed by atoms with Crippen molar-refractivity contribution in [2.75, 3.05) is 0 Å². The highest BCUT2D eigenvalue weighted by Gasteiger charge is 2.06. The molecular formula is C24H19N3OS2. The van der Waals surface area contributed by atoms with Crippen LogP contribution in [0.25, 0.3) is 26.9 Å². The fourth-order valence-corrected chi connectivity index (χ4v) is 4.02. The van der Waals surface area contributed by atoms with Crippen LogP contribution < -0.4 is 10.6 Å². The van der Waals surface area contributed by atoms with E-state index in [1.807, 2.05) is 60.7 Å². The van der Waals surface area contributed by atoms with Crippen molar-refractivity contribution in [3.8, 4) is 10.6 Å². The van der Waals surface area contributed by atoms with Gasteiger partial charge < -0.3 is 5.32 Å². The second-order valence-corrected chi connectivity index (χ2v) is 8.04. The van der Waals surface area contributed by atoms with Crippen molar-refractivity contribution in [3.05, 3.63) is 96.1 Å². The van der Waals surface area contributed by atoms with E-state index in [0.29, 0.717) is 11.7 Å². The molecule has 0 saturated carbocycles. The molecule has 0 unspecified atom stereocenters. The maximum atomic E-state index is 12.0. The van der Waals surface area contributed by atoms with Crippen LogP contribution >= 0.6 is 23.6 Å². The predicted molar refractivity (Wildman–Crippen MR) is 128 cm³/mol. The third-order valence-corrected chi connectivity index (χ3v) is 5.74. The van der Waals surface area contributed by atoms with Gasteiger partial charge in [0.25, 0.3) is 0 Å². The first-order valence-electron chi connectivity index (χ1n) is 9.44. The Hall–Kier alpha value is -3.35. The van der Waals surface area contributed by atoms with Crippen LogP contribution in [0.3, 0.4) is 0 Å². The van der Waals surface area contributed by atoms with Crippen LogP contribution in [0.15, 0.2) is 84.9 Å². The first-order valence-corrected chi connectivity index (χ1v) is 10.7. The first-order chi connectivity index (χ1) is 14.7. The van der Waals surface area contributed by atoms with Crippen LogP contribution in [-0.2, 0) is 11.3 Å². The molecule has 1 heterocycles. The molecule has 0 atom stereocenters. The van der Waals surface area contributed by atoms with Gasteiger partial charge in [-0.15, -0.1) is 11.3 Å². The summed E-state index contributed by atoms with van der Waals surface area (Å²) in [6.07, 6.45) is 3.22. The average Bonchev–Trinajstić information content (AvgIpc) is 3.22. The SMILES string of the molecule is O=C(C=Cc1ccccc1)NC(=S)NCc1ccc(-c2nc3ccccc3s2)cc1. The third-order valence-electron chi connectivity index (χ3n) is 4.41. The molecule has 4 nitrogen and oxygen atoms in total. The summed E-state index contributed by atoms with van der Waals surface area (Å²) in [6.45, 7) is 0.529. The molecule has 0 fully saturated rings. The molecule has 6 heteroatoms. The second kappa shape index (κ2) is 9.43. The van der Waals surface area contributed by atoms with Crippen molar-refractivity contribution in [3.63, 3.8) is 0 Å². The summed E-state index contributed by atoms with van der Waals surface area (Å²) in [6, 6.07) is 25.9. The van der Waals surface area contributed by atoms with Crippen molar-refractivity contribution >= 4 is 50.9 Å². The van der Waals surface area contributed by atoms with Gasteiger partial charge in [-0.3, -0.25) is 10.1 Å². The molecule has 4 rings (SSSR count). The lowest BCUT2D eigenvalue weighted by Gasteiger charge is -2.08. The van der Waals surface area contributed by atoms with E-state index >= 15 is 0 Å². The van der Waals surface area contributed by atoms with E-state index in [-0.39, 0.29) is 5.91 Å².